The fourth-order valence-corrected chi connectivity index (χ4v) is 2.33. The predicted octanol–water partition coefficient (Wildman–Crippen LogP) is 2.35. The minimum Gasteiger partial charge on any atom is -0.325 e. The first-order valence-electron chi connectivity index (χ1n) is 7.43. The first-order valence-corrected chi connectivity index (χ1v) is 7.43. The van der Waals surface area contributed by atoms with Gasteiger partial charge >= 0.3 is 0 Å². The summed E-state index contributed by atoms with van der Waals surface area (Å²) < 4.78 is 0. The molecule has 4 nitrogen and oxygen atoms in total. The molecule has 1 amide bonds. The molecule has 0 bridgehead atoms. The molecule has 1 atom stereocenters. The van der Waals surface area contributed by atoms with Crippen molar-refractivity contribution in [3.05, 3.63) is 29.8 Å². The van der Waals surface area contributed by atoms with Crippen molar-refractivity contribution >= 4 is 11.6 Å². The Morgan fingerprint density at radius 2 is 1.90 bits per heavy atom. The molecule has 0 aromatic heterocycles. The van der Waals surface area contributed by atoms with Crippen molar-refractivity contribution in [2.75, 3.05) is 18.4 Å². The van der Waals surface area contributed by atoms with E-state index in [0.717, 1.165) is 12.2 Å². The van der Waals surface area contributed by atoms with Crippen molar-refractivity contribution in [2.24, 2.45) is 5.73 Å². The zero-order valence-corrected chi connectivity index (χ0v) is 12.5. The summed E-state index contributed by atoms with van der Waals surface area (Å²) in [7, 11) is 0. The van der Waals surface area contributed by atoms with Crippen LogP contribution < -0.4 is 11.1 Å². The molecule has 1 saturated heterocycles. The second-order valence-corrected chi connectivity index (χ2v) is 5.91. The monoisotopic (exact) mass is 275 g/mol. The highest BCUT2D eigenvalue weighted by molar-refractivity contribution is 5.97. The summed E-state index contributed by atoms with van der Waals surface area (Å²) in [6.07, 6.45) is 3.23. The van der Waals surface area contributed by atoms with Crippen LogP contribution in [0.15, 0.2) is 24.3 Å². The van der Waals surface area contributed by atoms with Crippen molar-refractivity contribution in [3.8, 4) is 0 Å². The quantitative estimate of drug-likeness (QED) is 0.867. The second-order valence-electron chi connectivity index (χ2n) is 5.91. The lowest BCUT2D eigenvalue weighted by atomic mass is 9.99. The number of benzene rings is 1. The van der Waals surface area contributed by atoms with Crippen molar-refractivity contribution < 1.29 is 4.79 Å². The molecule has 0 radical (unpaired) electrons. The lowest BCUT2D eigenvalue weighted by Gasteiger charge is -2.21. The Morgan fingerprint density at radius 1 is 1.30 bits per heavy atom. The van der Waals surface area contributed by atoms with E-state index in [1.807, 2.05) is 19.1 Å². The van der Waals surface area contributed by atoms with Gasteiger partial charge in [-0.1, -0.05) is 19.1 Å². The van der Waals surface area contributed by atoms with E-state index in [1.165, 1.54) is 31.5 Å². The van der Waals surface area contributed by atoms with E-state index < -0.39 is 5.54 Å². The van der Waals surface area contributed by atoms with Crippen molar-refractivity contribution in [1.82, 2.24) is 4.90 Å². The Bertz CT molecular complexity index is 447. The van der Waals surface area contributed by atoms with Crippen LogP contribution in [0.4, 0.5) is 5.69 Å². The maximum Gasteiger partial charge on any atom is 0.244 e. The molecule has 0 aliphatic carbocycles. The van der Waals surface area contributed by atoms with E-state index in [-0.39, 0.29) is 5.91 Å². The molecule has 2 rings (SSSR count). The average molecular weight is 275 g/mol. The summed E-state index contributed by atoms with van der Waals surface area (Å²) in [5.41, 5.74) is 7.21. The smallest absolute Gasteiger partial charge is 0.244 e. The standard InChI is InChI=1S/C16H25N3O/c1-3-16(2,17)15(20)18-14-8-6-13(7-9-14)12-19-10-4-5-11-19/h6-9H,3-5,10-12,17H2,1-2H3,(H,18,20). The number of likely N-dealkylation sites (tertiary alicyclic amines) is 1. The number of carbonyl (C=O) groups excluding carboxylic acids is 1. The lowest BCUT2D eigenvalue weighted by molar-refractivity contribution is -0.120. The predicted molar refractivity (Wildman–Crippen MR) is 82.5 cm³/mol. The zero-order chi connectivity index (χ0) is 14.6. The normalized spacial score (nSPS) is 18.8. The molecule has 1 aromatic rings. The molecular formula is C16H25N3O. The van der Waals surface area contributed by atoms with E-state index >= 15 is 0 Å². The number of nitrogens with one attached hydrogen (secondary N) is 1. The Kier molecular flexibility index (Phi) is 4.78. The van der Waals surface area contributed by atoms with Crippen LogP contribution in [0, 0.1) is 0 Å². The molecule has 1 aliphatic rings. The van der Waals surface area contributed by atoms with Gasteiger partial charge in [0.2, 0.25) is 5.91 Å². The van der Waals surface area contributed by atoms with E-state index in [4.69, 9.17) is 5.73 Å². The minimum atomic E-state index is -0.811. The van der Waals surface area contributed by atoms with Gasteiger partial charge in [-0.05, 0) is 57.0 Å². The Hall–Kier alpha value is -1.39. The molecule has 1 fully saturated rings. The third kappa shape index (κ3) is 3.81. The molecule has 1 unspecified atom stereocenters. The lowest BCUT2D eigenvalue weighted by Crippen LogP contribution is -2.47. The summed E-state index contributed by atoms with van der Waals surface area (Å²) >= 11 is 0. The van der Waals surface area contributed by atoms with E-state index in [1.54, 1.807) is 6.92 Å². The van der Waals surface area contributed by atoms with Crippen LogP contribution in [-0.2, 0) is 11.3 Å². The summed E-state index contributed by atoms with van der Waals surface area (Å²) in [5.74, 6) is -0.132. The van der Waals surface area contributed by atoms with Crippen LogP contribution in [-0.4, -0.2) is 29.4 Å². The molecular weight excluding hydrogens is 250 g/mol. The maximum atomic E-state index is 12.0. The SMILES string of the molecule is CCC(C)(N)C(=O)Nc1ccc(CN2CCCC2)cc1. The fourth-order valence-electron chi connectivity index (χ4n) is 2.33. The van der Waals surface area contributed by atoms with Gasteiger partial charge in [-0.25, -0.2) is 0 Å². The second kappa shape index (κ2) is 6.37. The number of amides is 1. The van der Waals surface area contributed by atoms with Crippen LogP contribution in [0.2, 0.25) is 0 Å². The van der Waals surface area contributed by atoms with Gasteiger partial charge in [0.05, 0.1) is 5.54 Å². The molecule has 110 valence electrons. The third-order valence-electron chi connectivity index (χ3n) is 4.07. The number of nitrogens with zero attached hydrogens (tertiary/aromatic N) is 1. The first kappa shape index (κ1) is 15.0. The zero-order valence-electron chi connectivity index (χ0n) is 12.5. The van der Waals surface area contributed by atoms with Gasteiger partial charge in [0.25, 0.3) is 0 Å². The van der Waals surface area contributed by atoms with E-state index in [9.17, 15) is 4.79 Å². The summed E-state index contributed by atoms with van der Waals surface area (Å²) in [6.45, 7) is 7.06. The van der Waals surface area contributed by atoms with E-state index in [0.29, 0.717) is 6.42 Å². The largest absolute Gasteiger partial charge is 0.325 e. The van der Waals surface area contributed by atoms with E-state index in [2.05, 4.69) is 22.3 Å². The molecule has 0 spiro atoms. The number of anilines is 1. The van der Waals surface area contributed by atoms with Crippen LogP contribution in [0.25, 0.3) is 0 Å². The van der Waals surface area contributed by atoms with Gasteiger partial charge in [-0.3, -0.25) is 9.69 Å². The van der Waals surface area contributed by atoms with Crippen molar-refractivity contribution in [2.45, 2.75) is 45.2 Å². The van der Waals surface area contributed by atoms with Gasteiger partial charge in [-0.15, -0.1) is 0 Å². The molecule has 1 heterocycles. The fraction of sp³-hybridized carbons (Fsp3) is 0.562. The number of hydrogen-bond acceptors (Lipinski definition) is 3. The molecule has 4 heteroatoms. The summed E-state index contributed by atoms with van der Waals surface area (Å²) in [4.78, 5) is 14.4. The van der Waals surface area contributed by atoms with Crippen LogP contribution in [0.1, 0.15) is 38.7 Å². The third-order valence-corrected chi connectivity index (χ3v) is 4.07. The number of carbonyl (C=O) groups is 1. The van der Waals surface area contributed by atoms with Crippen molar-refractivity contribution in [3.63, 3.8) is 0 Å². The van der Waals surface area contributed by atoms with Gasteiger partial charge in [0, 0.05) is 12.2 Å². The molecule has 1 aromatic carbocycles. The molecule has 0 saturated carbocycles. The van der Waals surface area contributed by atoms with Crippen molar-refractivity contribution in [1.29, 1.82) is 0 Å². The topological polar surface area (TPSA) is 58.4 Å². The Labute approximate surface area is 121 Å². The van der Waals surface area contributed by atoms with Gasteiger partial charge in [-0.2, -0.15) is 0 Å². The average Bonchev–Trinajstić information content (AvgIpc) is 2.94. The maximum absolute atomic E-state index is 12.0. The molecule has 1 aliphatic heterocycles. The highest BCUT2D eigenvalue weighted by Crippen LogP contribution is 2.16. The van der Waals surface area contributed by atoms with Gasteiger partial charge < -0.3 is 11.1 Å². The molecule has 3 N–H and O–H groups in total. The highest BCUT2D eigenvalue weighted by atomic mass is 16.2. The highest BCUT2D eigenvalue weighted by Gasteiger charge is 2.25. The van der Waals surface area contributed by atoms with Gasteiger partial charge in [0.1, 0.15) is 0 Å². The number of nitrogens with two attached hydrogens (primary N) is 1. The summed E-state index contributed by atoms with van der Waals surface area (Å²) in [6, 6.07) is 8.06. The minimum absolute atomic E-state index is 0.132. The summed E-state index contributed by atoms with van der Waals surface area (Å²) in [5, 5.41) is 2.88. The first-order chi connectivity index (χ1) is 9.51. The number of hydrogen-bond donors (Lipinski definition) is 2. The van der Waals surface area contributed by atoms with Crippen LogP contribution >= 0.6 is 0 Å². The Morgan fingerprint density at radius 3 is 2.45 bits per heavy atom. The van der Waals surface area contributed by atoms with Crippen LogP contribution in [0.3, 0.4) is 0 Å². The van der Waals surface area contributed by atoms with Gasteiger partial charge in [0.15, 0.2) is 0 Å². The van der Waals surface area contributed by atoms with Crippen LogP contribution in [0.5, 0.6) is 0 Å². The molecule has 20 heavy (non-hydrogen) atoms. The Balaban J connectivity index is 1.92. The number of rotatable bonds is 5.